The summed E-state index contributed by atoms with van der Waals surface area (Å²) in [5, 5.41) is 9.06. The lowest BCUT2D eigenvalue weighted by molar-refractivity contribution is -0.137. The molecule has 0 aliphatic carbocycles. The van der Waals surface area contributed by atoms with Gasteiger partial charge in [-0.25, -0.2) is 8.78 Å². The Hall–Kier alpha value is -2.86. The lowest BCUT2D eigenvalue weighted by Gasteiger charge is -2.18. The number of rotatable bonds is 8. The van der Waals surface area contributed by atoms with Gasteiger partial charge in [0.2, 0.25) is 0 Å². The zero-order valence-corrected chi connectivity index (χ0v) is 18.4. The molecule has 0 saturated carbocycles. The molecule has 2 atom stereocenters. The van der Waals surface area contributed by atoms with Gasteiger partial charge in [-0.2, -0.15) is 18.4 Å². The van der Waals surface area contributed by atoms with Gasteiger partial charge in [-0.3, -0.25) is 0 Å². The fourth-order valence-corrected chi connectivity index (χ4v) is 3.84. The van der Waals surface area contributed by atoms with Crippen LogP contribution in [0.5, 0.6) is 0 Å². The van der Waals surface area contributed by atoms with Crippen LogP contribution in [0.3, 0.4) is 0 Å². The van der Waals surface area contributed by atoms with Crippen molar-refractivity contribution in [2.45, 2.75) is 58.6 Å². The predicted octanol–water partition coefficient (Wildman–Crippen LogP) is 7.51. The van der Waals surface area contributed by atoms with Gasteiger partial charge in [0.05, 0.1) is 17.2 Å². The summed E-state index contributed by atoms with van der Waals surface area (Å²) in [4.78, 5) is 0. The van der Waals surface area contributed by atoms with Crippen molar-refractivity contribution in [3.8, 4) is 18.4 Å². The molecule has 2 aromatic carbocycles. The molecule has 6 heteroatoms. The van der Waals surface area contributed by atoms with E-state index in [2.05, 4.69) is 5.92 Å². The van der Waals surface area contributed by atoms with Crippen LogP contribution in [0.2, 0.25) is 0 Å². The first kappa shape index (κ1) is 25.4. The summed E-state index contributed by atoms with van der Waals surface area (Å²) in [6.07, 6.45) is 3.34. The van der Waals surface area contributed by atoms with Crippen molar-refractivity contribution < 1.29 is 22.0 Å². The first-order valence-electron chi connectivity index (χ1n) is 10.4. The molecule has 2 rings (SSSR count). The molecule has 2 aromatic rings. The van der Waals surface area contributed by atoms with E-state index in [1.807, 2.05) is 13.8 Å². The maximum Gasteiger partial charge on any atom is 0.417 e. The quantitative estimate of drug-likeness (QED) is 0.303. The van der Waals surface area contributed by atoms with Crippen molar-refractivity contribution in [3.63, 3.8) is 0 Å². The van der Waals surface area contributed by atoms with Gasteiger partial charge in [-0.05, 0) is 60.1 Å². The SMILES string of the molecule is C#Cc1ccc(CC(C)CCC(C)Cc2ccc(C#N)c(C(C)(F)F)c2)cc1C(F)(F)F. The van der Waals surface area contributed by atoms with Gasteiger partial charge < -0.3 is 0 Å². The molecule has 0 spiro atoms. The third kappa shape index (κ3) is 6.82. The number of benzene rings is 2. The smallest absolute Gasteiger partial charge is 0.202 e. The van der Waals surface area contributed by atoms with Crippen molar-refractivity contribution in [1.29, 1.82) is 5.26 Å². The molecule has 0 fully saturated rings. The van der Waals surface area contributed by atoms with Crippen molar-refractivity contribution in [2.24, 2.45) is 11.8 Å². The monoisotopic (exact) mass is 447 g/mol. The third-order valence-electron chi connectivity index (χ3n) is 5.54. The molecule has 1 nitrogen and oxygen atoms in total. The van der Waals surface area contributed by atoms with Gasteiger partial charge in [0, 0.05) is 18.1 Å². The van der Waals surface area contributed by atoms with E-state index in [-0.39, 0.29) is 28.5 Å². The zero-order valence-electron chi connectivity index (χ0n) is 18.4. The Balaban J connectivity index is 1.99. The van der Waals surface area contributed by atoms with Crippen LogP contribution in [-0.4, -0.2) is 0 Å². The second-order valence-corrected chi connectivity index (χ2v) is 8.60. The van der Waals surface area contributed by atoms with E-state index < -0.39 is 17.7 Å². The van der Waals surface area contributed by atoms with Crippen LogP contribution >= 0.6 is 0 Å². The molecule has 0 bridgehead atoms. The van der Waals surface area contributed by atoms with Crippen molar-refractivity contribution >= 4 is 0 Å². The fraction of sp³-hybridized carbons (Fsp3) is 0.423. The average molecular weight is 447 g/mol. The number of hydrogen-bond acceptors (Lipinski definition) is 1. The van der Waals surface area contributed by atoms with E-state index in [1.54, 1.807) is 18.2 Å². The maximum atomic E-state index is 13.8. The van der Waals surface area contributed by atoms with Gasteiger partial charge in [0.25, 0.3) is 5.92 Å². The summed E-state index contributed by atoms with van der Waals surface area (Å²) < 4.78 is 67.2. The molecule has 0 saturated heterocycles. The Morgan fingerprint density at radius 2 is 1.31 bits per heavy atom. The van der Waals surface area contributed by atoms with Gasteiger partial charge >= 0.3 is 6.18 Å². The highest BCUT2D eigenvalue weighted by atomic mass is 19.4. The summed E-state index contributed by atoms with van der Waals surface area (Å²) in [6, 6.07) is 10.4. The summed E-state index contributed by atoms with van der Waals surface area (Å²) in [7, 11) is 0. The van der Waals surface area contributed by atoms with Crippen LogP contribution in [0.4, 0.5) is 22.0 Å². The van der Waals surface area contributed by atoms with Crippen molar-refractivity contribution in [2.75, 3.05) is 0 Å². The highest BCUT2D eigenvalue weighted by molar-refractivity contribution is 5.44. The average Bonchev–Trinajstić information content (AvgIpc) is 2.71. The number of hydrogen-bond donors (Lipinski definition) is 0. The molecule has 0 aliphatic rings. The lowest BCUT2D eigenvalue weighted by atomic mass is 9.88. The topological polar surface area (TPSA) is 23.8 Å². The lowest BCUT2D eigenvalue weighted by Crippen LogP contribution is -2.12. The van der Waals surface area contributed by atoms with E-state index in [9.17, 15) is 22.0 Å². The molecule has 2 unspecified atom stereocenters. The molecule has 0 aliphatic heterocycles. The van der Waals surface area contributed by atoms with Gasteiger partial charge in [0.1, 0.15) is 0 Å². The standard InChI is InChI=1S/C26H26F5N/c1-5-21-10-8-20(15-24(21)26(29,30)31)13-18(3)7-6-17(2)12-19-9-11-22(16-32)23(14-19)25(4,27)28/h1,8-11,14-15,17-18H,6-7,12-13H2,2-4H3. The van der Waals surface area contributed by atoms with E-state index in [1.165, 1.54) is 18.2 Å². The highest BCUT2D eigenvalue weighted by Crippen LogP contribution is 2.34. The van der Waals surface area contributed by atoms with E-state index in [0.29, 0.717) is 18.4 Å². The van der Waals surface area contributed by atoms with Crippen molar-refractivity contribution in [3.05, 3.63) is 69.8 Å². The molecular formula is C26H26F5N. The Bertz CT molecular complexity index is 935. The molecule has 170 valence electrons. The maximum absolute atomic E-state index is 13.8. The summed E-state index contributed by atoms with van der Waals surface area (Å²) in [5.74, 6) is -0.675. The number of alkyl halides is 5. The third-order valence-corrected chi connectivity index (χ3v) is 5.54. The Morgan fingerprint density at radius 1 is 0.844 bits per heavy atom. The minimum Gasteiger partial charge on any atom is -0.202 e. The highest BCUT2D eigenvalue weighted by Gasteiger charge is 2.33. The molecule has 0 aromatic heterocycles. The van der Waals surface area contributed by atoms with Crippen LogP contribution in [0.15, 0.2) is 36.4 Å². The molecule has 0 heterocycles. The Labute approximate surface area is 186 Å². The summed E-state index contributed by atoms with van der Waals surface area (Å²) in [6.45, 7) is 4.77. The van der Waals surface area contributed by atoms with Gasteiger partial charge in [0.15, 0.2) is 0 Å². The van der Waals surface area contributed by atoms with E-state index in [4.69, 9.17) is 11.7 Å². The Kier molecular flexibility index (Phi) is 8.07. The van der Waals surface area contributed by atoms with Crippen molar-refractivity contribution in [1.82, 2.24) is 0 Å². The number of nitriles is 1. The largest absolute Gasteiger partial charge is 0.417 e. The van der Waals surface area contributed by atoms with Gasteiger partial charge in [-0.1, -0.05) is 44.7 Å². The molecule has 0 N–H and O–H groups in total. The van der Waals surface area contributed by atoms with E-state index >= 15 is 0 Å². The van der Waals surface area contributed by atoms with Gasteiger partial charge in [-0.15, -0.1) is 6.42 Å². The van der Waals surface area contributed by atoms with Crippen LogP contribution < -0.4 is 0 Å². The molecule has 0 radical (unpaired) electrons. The minimum atomic E-state index is -4.50. The van der Waals surface area contributed by atoms with Crippen LogP contribution in [0, 0.1) is 35.5 Å². The summed E-state index contributed by atoms with van der Waals surface area (Å²) >= 11 is 0. The number of terminal acetylenes is 1. The predicted molar refractivity (Wildman–Crippen MR) is 115 cm³/mol. The first-order chi connectivity index (χ1) is 14.8. The van der Waals surface area contributed by atoms with Crippen LogP contribution in [0.25, 0.3) is 0 Å². The second-order valence-electron chi connectivity index (χ2n) is 8.60. The molecular weight excluding hydrogens is 421 g/mol. The zero-order chi connectivity index (χ0) is 24.1. The minimum absolute atomic E-state index is 0.0309. The first-order valence-corrected chi connectivity index (χ1v) is 10.4. The molecule has 32 heavy (non-hydrogen) atoms. The Morgan fingerprint density at radius 3 is 1.72 bits per heavy atom. The number of halogens is 5. The second kappa shape index (κ2) is 10.2. The number of nitrogens with zero attached hydrogens (tertiary/aromatic N) is 1. The normalized spacial score (nSPS) is 13.8. The van der Waals surface area contributed by atoms with E-state index in [0.717, 1.165) is 31.4 Å². The summed E-state index contributed by atoms with van der Waals surface area (Å²) in [5.41, 5.74) is 0.0636. The van der Waals surface area contributed by atoms with Crippen LogP contribution in [-0.2, 0) is 24.9 Å². The molecule has 0 amide bonds. The fourth-order valence-electron chi connectivity index (χ4n) is 3.84. The van der Waals surface area contributed by atoms with Crippen LogP contribution in [0.1, 0.15) is 67.0 Å².